The minimum Gasteiger partial charge on any atom is -0.467 e. The number of furan rings is 1. The van der Waals surface area contributed by atoms with Crippen LogP contribution in [0.1, 0.15) is 11.3 Å². The van der Waals surface area contributed by atoms with Gasteiger partial charge in [-0.2, -0.15) is 0 Å². The van der Waals surface area contributed by atoms with E-state index in [0.29, 0.717) is 33.3 Å². The van der Waals surface area contributed by atoms with Crippen LogP contribution in [-0.4, -0.2) is 19.7 Å². The maximum absolute atomic E-state index is 14.5. The van der Waals surface area contributed by atoms with Gasteiger partial charge in [0.25, 0.3) is 0 Å². The highest BCUT2D eigenvalue weighted by Crippen LogP contribution is 2.34. The highest BCUT2D eigenvalue weighted by atomic mass is 79.9. The van der Waals surface area contributed by atoms with Crippen molar-refractivity contribution in [3.63, 3.8) is 0 Å². The Kier molecular flexibility index (Phi) is 6.59. The summed E-state index contributed by atoms with van der Waals surface area (Å²) in [5, 5.41) is 10.8. The van der Waals surface area contributed by atoms with Gasteiger partial charge in [0.15, 0.2) is 11.0 Å². The molecule has 3 aromatic carbocycles. The second kappa shape index (κ2) is 10.3. The van der Waals surface area contributed by atoms with Gasteiger partial charge in [-0.1, -0.05) is 82.3 Å². The minimum atomic E-state index is -0.258. The van der Waals surface area contributed by atoms with Crippen LogP contribution in [0.3, 0.4) is 0 Å². The molecule has 0 saturated carbocycles. The number of benzene rings is 3. The molecule has 8 heteroatoms. The maximum Gasteiger partial charge on any atom is 0.192 e. The molecule has 182 valence electrons. The van der Waals surface area contributed by atoms with Crippen LogP contribution >= 0.6 is 27.7 Å². The molecule has 6 rings (SSSR count). The Hall–Kier alpha value is -3.75. The summed E-state index contributed by atoms with van der Waals surface area (Å²) >= 11 is 4.76. The predicted molar refractivity (Wildman–Crippen MR) is 148 cm³/mol. The van der Waals surface area contributed by atoms with Gasteiger partial charge in [-0.15, -0.1) is 10.2 Å². The van der Waals surface area contributed by atoms with E-state index in [0.717, 1.165) is 33.5 Å². The van der Waals surface area contributed by atoms with E-state index >= 15 is 0 Å². The van der Waals surface area contributed by atoms with Crippen molar-refractivity contribution in [3.8, 4) is 22.6 Å². The summed E-state index contributed by atoms with van der Waals surface area (Å²) in [6.45, 7) is 0.442. The second-order valence-electron chi connectivity index (χ2n) is 8.43. The average Bonchev–Trinajstić information content (AvgIpc) is 3.58. The van der Waals surface area contributed by atoms with E-state index in [1.165, 1.54) is 17.8 Å². The lowest BCUT2D eigenvalue weighted by Gasteiger charge is -2.12. The summed E-state index contributed by atoms with van der Waals surface area (Å²) in [7, 11) is 0. The Morgan fingerprint density at radius 1 is 0.892 bits per heavy atom. The van der Waals surface area contributed by atoms with Crippen LogP contribution in [0.4, 0.5) is 4.39 Å². The van der Waals surface area contributed by atoms with Gasteiger partial charge in [-0.25, -0.2) is 9.37 Å². The lowest BCUT2D eigenvalue weighted by Crippen LogP contribution is -2.04. The van der Waals surface area contributed by atoms with Gasteiger partial charge in [-0.05, 0) is 42.0 Å². The number of hydrogen-bond donors (Lipinski definition) is 0. The standard InChI is InChI=1S/C29H20BrFN4OS/c30-21-13-12-20(25(31)15-21)18-37-29-34-33-28(35(29)17-22-9-6-14-36-22)24-16-27(19-7-2-1-3-8-19)32-26-11-5-4-10-23(24)26/h1-16H,17-18H2. The fourth-order valence-electron chi connectivity index (χ4n) is 4.19. The molecule has 0 fully saturated rings. The van der Waals surface area contributed by atoms with Gasteiger partial charge in [-0.3, -0.25) is 4.57 Å². The molecule has 0 aliphatic carbocycles. The van der Waals surface area contributed by atoms with E-state index in [-0.39, 0.29) is 5.82 Å². The van der Waals surface area contributed by atoms with E-state index in [1.807, 2.05) is 77.4 Å². The monoisotopic (exact) mass is 570 g/mol. The van der Waals surface area contributed by atoms with E-state index in [4.69, 9.17) is 9.40 Å². The number of rotatable bonds is 7. The van der Waals surface area contributed by atoms with Gasteiger partial charge in [0.05, 0.1) is 24.0 Å². The average molecular weight is 571 g/mol. The molecule has 0 saturated heterocycles. The normalized spacial score (nSPS) is 11.3. The minimum absolute atomic E-state index is 0.258. The third-order valence-electron chi connectivity index (χ3n) is 6.01. The van der Waals surface area contributed by atoms with E-state index in [1.54, 1.807) is 12.3 Å². The summed E-state index contributed by atoms with van der Waals surface area (Å²) in [5.74, 6) is 1.64. The first-order valence-corrected chi connectivity index (χ1v) is 13.4. The number of fused-ring (bicyclic) bond motifs is 1. The molecule has 3 heterocycles. The number of halogens is 2. The maximum atomic E-state index is 14.5. The van der Waals surface area contributed by atoms with Crippen molar-refractivity contribution in [2.75, 3.05) is 0 Å². The third-order valence-corrected chi connectivity index (χ3v) is 7.52. The molecule has 37 heavy (non-hydrogen) atoms. The zero-order chi connectivity index (χ0) is 25.2. The Balaban J connectivity index is 1.47. The second-order valence-corrected chi connectivity index (χ2v) is 10.3. The number of thioether (sulfide) groups is 1. The van der Waals surface area contributed by atoms with Crippen molar-refractivity contribution in [1.29, 1.82) is 0 Å². The van der Waals surface area contributed by atoms with Crippen molar-refractivity contribution in [3.05, 3.63) is 119 Å². The van der Waals surface area contributed by atoms with Crippen LogP contribution in [0.25, 0.3) is 33.5 Å². The zero-order valence-corrected chi connectivity index (χ0v) is 21.9. The number of pyridine rings is 1. The number of nitrogens with zero attached hydrogens (tertiary/aromatic N) is 4. The van der Waals surface area contributed by atoms with E-state index in [9.17, 15) is 4.39 Å². The number of hydrogen-bond acceptors (Lipinski definition) is 5. The van der Waals surface area contributed by atoms with Gasteiger partial charge in [0.2, 0.25) is 0 Å². The fraction of sp³-hybridized carbons (Fsp3) is 0.0690. The molecular formula is C29H20BrFN4OS. The first kappa shape index (κ1) is 23.6. The SMILES string of the molecule is Fc1cc(Br)ccc1CSc1nnc(-c2cc(-c3ccccc3)nc3ccccc23)n1Cc1ccco1. The highest BCUT2D eigenvalue weighted by molar-refractivity contribution is 9.10. The van der Waals surface area contributed by atoms with Crippen molar-refractivity contribution >= 4 is 38.6 Å². The topological polar surface area (TPSA) is 56.7 Å². The lowest BCUT2D eigenvalue weighted by molar-refractivity contribution is 0.485. The summed E-state index contributed by atoms with van der Waals surface area (Å²) < 4.78 is 22.9. The van der Waals surface area contributed by atoms with Crippen LogP contribution in [0.2, 0.25) is 0 Å². The number of aromatic nitrogens is 4. The molecule has 0 N–H and O–H groups in total. The quantitative estimate of drug-likeness (QED) is 0.182. The van der Waals surface area contributed by atoms with Gasteiger partial charge < -0.3 is 4.42 Å². The Labute approximate surface area is 225 Å². The van der Waals surface area contributed by atoms with Crippen LogP contribution in [0.5, 0.6) is 0 Å². The molecule has 6 aromatic rings. The van der Waals surface area contributed by atoms with Gasteiger partial charge >= 0.3 is 0 Å². The third kappa shape index (κ3) is 4.95. The molecule has 0 spiro atoms. The molecule has 0 bridgehead atoms. The van der Waals surface area contributed by atoms with E-state index < -0.39 is 0 Å². The van der Waals surface area contributed by atoms with Crippen molar-refractivity contribution < 1.29 is 8.81 Å². The van der Waals surface area contributed by atoms with Crippen molar-refractivity contribution in [2.24, 2.45) is 0 Å². The molecule has 0 atom stereocenters. The Bertz CT molecular complexity index is 1690. The van der Waals surface area contributed by atoms with Crippen molar-refractivity contribution in [2.45, 2.75) is 17.5 Å². The molecule has 0 amide bonds. The number of para-hydroxylation sites is 1. The molecule has 0 aliphatic heterocycles. The van der Waals surface area contributed by atoms with Crippen LogP contribution in [-0.2, 0) is 12.3 Å². The van der Waals surface area contributed by atoms with Crippen LogP contribution < -0.4 is 0 Å². The van der Waals surface area contributed by atoms with Gasteiger partial charge in [0.1, 0.15) is 11.6 Å². The first-order valence-electron chi connectivity index (χ1n) is 11.6. The molecule has 0 radical (unpaired) electrons. The lowest BCUT2D eigenvalue weighted by atomic mass is 10.0. The predicted octanol–water partition coefficient (Wildman–Crippen LogP) is 8.00. The Morgan fingerprint density at radius 2 is 1.73 bits per heavy atom. The first-order chi connectivity index (χ1) is 18.2. The molecule has 5 nitrogen and oxygen atoms in total. The highest BCUT2D eigenvalue weighted by Gasteiger charge is 2.20. The van der Waals surface area contributed by atoms with Crippen LogP contribution in [0.15, 0.2) is 111 Å². The molecular weight excluding hydrogens is 551 g/mol. The summed E-state index contributed by atoms with van der Waals surface area (Å²) in [4.78, 5) is 4.91. The van der Waals surface area contributed by atoms with Crippen LogP contribution in [0, 0.1) is 5.82 Å². The fourth-order valence-corrected chi connectivity index (χ4v) is 5.45. The van der Waals surface area contributed by atoms with Gasteiger partial charge in [0, 0.05) is 26.7 Å². The largest absolute Gasteiger partial charge is 0.467 e. The smallest absolute Gasteiger partial charge is 0.192 e. The summed E-state index contributed by atoms with van der Waals surface area (Å²) in [6, 6.07) is 29.0. The summed E-state index contributed by atoms with van der Waals surface area (Å²) in [6.07, 6.45) is 1.65. The summed E-state index contributed by atoms with van der Waals surface area (Å²) in [5.41, 5.74) is 4.27. The van der Waals surface area contributed by atoms with E-state index in [2.05, 4.69) is 32.2 Å². The van der Waals surface area contributed by atoms with Crippen molar-refractivity contribution in [1.82, 2.24) is 19.7 Å². The molecule has 0 aliphatic rings. The zero-order valence-electron chi connectivity index (χ0n) is 19.5. The molecule has 3 aromatic heterocycles. The Morgan fingerprint density at radius 3 is 2.54 bits per heavy atom. The molecule has 0 unspecified atom stereocenters.